The van der Waals surface area contributed by atoms with Crippen LogP contribution in [0.25, 0.3) is 0 Å². The minimum absolute atomic E-state index is 0.697. The van der Waals surface area contributed by atoms with Gasteiger partial charge in [-0.05, 0) is 39.3 Å². The molecule has 0 bridgehead atoms. The number of likely N-dealkylation sites (N-methyl/N-ethyl adjacent to an activating group) is 1. The average molecular weight is 192 g/mol. The quantitative estimate of drug-likeness (QED) is 0.719. The normalized spacial score (nSPS) is 27.6. The molecule has 1 fully saturated rings. The summed E-state index contributed by atoms with van der Waals surface area (Å²) >= 11 is 0. The van der Waals surface area contributed by atoms with Gasteiger partial charge in [0, 0.05) is 24.8 Å². The Morgan fingerprint density at radius 2 is 2.21 bits per heavy atom. The summed E-state index contributed by atoms with van der Waals surface area (Å²) in [7, 11) is 2.06. The number of hydrogen-bond acceptors (Lipinski definition) is 2. The molecule has 0 spiro atoms. The first-order chi connectivity index (χ1) is 6.79. The van der Waals surface area contributed by atoms with Crippen LogP contribution in [0, 0.1) is 0 Å². The second-order valence-electron chi connectivity index (χ2n) is 4.39. The molecule has 0 saturated carbocycles. The molecular weight excluding hydrogens is 172 g/mol. The van der Waals surface area contributed by atoms with Gasteiger partial charge in [-0.15, -0.1) is 0 Å². The molecule has 1 saturated heterocycles. The van der Waals surface area contributed by atoms with E-state index in [4.69, 9.17) is 0 Å². The number of nitrogens with one attached hydrogen (secondary N) is 1. The summed E-state index contributed by atoms with van der Waals surface area (Å²) in [5.74, 6) is 0. The van der Waals surface area contributed by atoms with E-state index in [1.165, 1.54) is 43.6 Å². The van der Waals surface area contributed by atoms with Gasteiger partial charge in [0.2, 0.25) is 0 Å². The molecule has 0 aromatic rings. The zero-order chi connectivity index (χ0) is 9.97. The third-order valence-electron chi connectivity index (χ3n) is 3.34. The summed E-state index contributed by atoms with van der Waals surface area (Å²) in [4.78, 5) is 2.53. The van der Waals surface area contributed by atoms with Crippen molar-refractivity contribution >= 4 is 0 Å². The van der Waals surface area contributed by atoms with E-state index in [2.05, 4.69) is 36.3 Å². The highest BCUT2D eigenvalue weighted by molar-refractivity contribution is 5.22. The van der Waals surface area contributed by atoms with Gasteiger partial charge < -0.3 is 10.2 Å². The number of nitrogens with zero attached hydrogens (tertiary/aromatic N) is 1. The van der Waals surface area contributed by atoms with Crippen molar-refractivity contribution in [1.82, 2.24) is 10.2 Å². The van der Waals surface area contributed by atoms with Gasteiger partial charge >= 0.3 is 0 Å². The van der Waals surface area contributed by atoms with E-state index in [-0.39, 0.29) is 0 Å². The predicted molar refractivity (Wildman–Crippen MR) is 60.1 cm³/mol. The molecule has 1 aliphatic carbocycles. The Morgan fingerprint density at radius 3 is 2.79 bits per heavy atom. The zero-order valence-corrected chi connectivity index (χ0v) is 9.21. The molecule has 2 rings (SSSR count). The lowest BCUT2D eigenvalue weighted by Crippen LogP contribution is -2.29. The van der Waals surface area contributed by atoms with Crippen molar-refractivity contribution in [1.29, 1.82) is 0 Å². The van der Waals surface area contributed by atoms with Crippen molar-refractivity contribution in [2.75, 3.05) is 20.1 Å². The molecule has 14 heavy (non-hydrogen) atoms. The van der Waals surface area contributed by atoms with Crippen LogP contribution < -0.4 is 5.32 Å². The first-order valence-corrected chi connectivity index (χ1v) is 5.58. The molecule has 2 nitrogen and oxygen atoms in total. The van der Waals surface area contributed by atoms with Crippen molar-refractivity contribution in [3.8, 4) is 0 Å². The van der Waals surface area contributed by atoms with Gasteiger partial charge in [-0.3, -0.25) is 0 Å². The number of likely N-dealkylation sites (tertiary alicyclic amines) is 1. The standard InChI is InChI=1S/C12H20N2/c1-10-3-5-12(6-4-10)14-8-7-11(9-14)13-2/h3,5,11,13H,4,6-9H2,1-2H3. The fourth-order valence-corrected chi connectivity index (χ4v) is 2.25. The van der Waals surface area contributed by atoms with E-state index in [9.17, 15) is 0 Å². The maximum absolute atomic E-state index is 3.36. The van der Waals surface area contributed by atoms with E-state index in [1.807, 2.05) is 0 Å². The summed E-state index contributed by atoms with van der Waals surface area (Å²) in [5.41, 5.74) is 3.05. The topological polar surface area (TPSA) is 15.3 Å². The maximum atomic E-state index is 3.36. The fraction of sp³-hybridized carbons (Fsp3) is 0.667. The monoisotopic (exact) mass is 192 g/mol. The molecule has 0 aromatic heterocycles. The molecule has 1 N–H and O–H groups in total. The molecule has 78 valence electrons. The Balaban J connectivity index is 1.97. The molecule has 0 amide bonds. The molecule has 1 heterocycles. The lowest BCUT2D eigenvalue weighted by Gasteiger charge is -2.24. The van der Waals surface area contributed by atoms with Gasteiger partial charge in [0.15, 0.2) is 0 Å². The Kier molecular flexibility index (Phi) is 2.92. The van der Waals surface area contributed by atoms with Gasteiger partial charge in [0.25, 0.3) is 0 Å². The minimum Gasteiger partial charge on any atom is -0.373 e. The average Bonchev–Trinajstić information content (AvgIpc) is 2.67. The van der Waals surface area contributed by atoms with Crippen LogP contribution in [0.2, 0.25) is 0 Å². The van der Waals surface area contributed by atoms with Gasteiger partial charge in [0.05, 0.1) is 0 Å². The highest BCUT2D eigenvalue weighted by Crippen LogP contribution is 2.24. The maximum Gasteiger partial charge on any atom is 0.0329 e. The zero-order valence-electron chi connectivity index (χ0n) is 9.21. The van der Waals surface area contributed by atoms with Crippen molar-refractivity contribution < 1.29 is 0 Å². The first kappa shape index (κ1) is 9.78. The lowest BCUT2D eigenvalue weighted by molar-refractivity contribution is 0.394. The Bertz CT molecular complexity index is 265. The summed E-state index contributed by atoms with van der Waals surface area (Å²) in [6.45, 7) is 4.63. The van der Waals surface area contributed by atoms with Crippen LogP contribution in [-0.2, 0) is 0 Å². The SMILES string of the molecule is CNC1CCN(C2=CC=C(C)CC2)C1. The van der Waals surface area contributed by atoms with E-state index in [1.54, 1.807) is 0 Å². The van der Waals surface area contributed by atoms with E-state index in [0.717, 1.165) is 0 Å². The van der Waals surface area contributed by atoms with Gasteiger partial charge in [-0.1, -0.05) is 11.6 Å². The van der Waals surface area contributed by atoms with Crippen LogP contribution in [0.5, 0.6) is 0 Å². The highest BCUT2D eigenvalue weighted by Gasteiger charge is 2.22. The van der Waals surface area contributed by atoms with Crippen LogP contribution in [0.4, 0.5) is 0 Å². The molecule has 0 radical (unpaired) electrons. The van der Waals surface area contributed by atoms with E-state index >= 15 is 0 Å². The molecule has 0 aromatic carbocycles. The lowest BCUT2D eigenvalue weighted by atomic mass is 10.0. The van der Waals surface area contributed by atoms with Crippen molar-refractivity contribution in [2.45, 2.75) is 32.2 Å². The van der Waals surface area contributed by atoms with Crippen molar-refractivity contribution in [2.24, 2.45) is 0 Å². The van der Waals surface area contributed by atoms with Gasteiger partial charge in [-0.2, -0.15) is 0 Å². The van der Waals surface area contributed by atoms with Crippen molar-refractivity contribution in [3.63, 3.8) is 0 Å². The van der Waals surface area contributed by atoms with Crippen molar-refractivity contribution in [3.05, 3.63) is 23.4 Å². The van der Waals surface area contributed by atoms with E-state index < -0.39 is 0 Å². The van der Waals surface area contributed by atoms with Crippen LogP contribution >= 0.6 is 0 Å². The smallest absolute Gasteiger partial charge is 0.0329 e. The van der Waals surface area contributed by atoms with Crippen LogP contribution in [-0.4, -0.2) is 31.1 Å². The van der Waals surface area contributed by atoms with E-state index in [0.29, 0.717) is 6.04 Å². The summed E-state index contributed by atoms with van der Waals surface area (Å²) in [6, 6.07) is 0.697. The molecule has 2 heteroatoms. The number of rotatable bonds is 2. The second kappa shape index (κ2) is 4.18. The Morgan fingerprint density at radius 1 is 1.36 bits per heavy atom. The number of allylic oxidation sites excluding steroid dienone is 4. The highest BCUT2D eigenvalue weighted by atomic mass is 15.2. The minimum atomic E-state index is 0.697. The summed E-state index contributed by atoms with van der Waals surface area (Å²) < 4.78 is 0. The molecular formula is C12H20N2. The fourth-order valence-electron chi connectivity index (χ4n) is 2.25. The van der Waals surface area contributed by atoms with Gasteiger partial charge in [-0.25, -0.2) is 0 Å². The third kappa shape index (κ3) is 2.01. The molecule has 2 aliphatic rings. The van der Waals surface area contributed by atoms with Crippen LogP contribution in [0.3, 0.4) is 0 Å². The van der Waals surface area contributed by atoms with Gasteiger partial charge in [0.1, 0.15) is 0 Å². The second-order valence-corrected chi connectivity index (χ2v) is 4.39. The van der Waals surface area contributed by atoms with Crippen LogP contribution in [0.15, 0.2) is 23.4 Å². The third-order valence-corrected chi connectivity index (χ3v) is 3.34. The Hall–Kier alpha value is -0.760. The molecule has 1 aliphatic heterocycles. The van der Waals surface area contributed by atoms with Crippen LogP contribution in [0.1, 0.15) is 26.2 Å². The first-order valence-electron chi connectivity index (χ1n) is 5.58. The molecule has 1 unspecified atom stereocenters. The summed E-state index contributed by atoms with van der Waals surface area (Å²) in [6.07, 6.45) is 8.34. The Labute approximate surface area is 86.7 Å². The predicted octanol–water partition coefficient (Wildman–Crippen LogP) is 1.90. The molecule has 1 atom stereocenters. The summed E-state index contributed by atoms with van der Waals surface area (Å²) in [5, 5.41) is 3.36. The largest absolute Gasteiger partial charge is 0.373 e. The number of hydrogen-bond donors (Lipinski definition) is 1.